The Hall–Kier alpha value is -3.13. The third-order valence-electron chi connectivity index (χ3n) is 4.11. The van der Waals surface area contributed by atoms with E-state index in [4.69, 9.17) is 4.74 Å². The van der Waals surface area contributed by atoms with Gasteiger partial charge in [0, 0.05) is 5.56 Å². The molecule has 2 heteroatoms. The van der Waals surface area contributed by atoms with Crippen LogP contribution in [0.3, 0.4) is 0 Å². The normalized spacial score (nSPS) is 10.2. The Kier molecular flexibility index (Phi) is 5.10. The van der Waals surface area contributed by atoms with Crippen molar-refractivity contribution in [2.75, 3.05) is 7.11 Å². The molecular formula is C23H20O2. The van der Waals surface area contributed by atoms with Crippen molar-refractivity contribution in [2.24, 2.45) is 0 Å². The maximum Gasteiger partial charge on any atom is 0.159 e. The second kappa shape index (κ2) is 7.63. The van der Waals surface area contributed by atoms with E-state index in [1.54, 1.807) is 14.0 Å². The third-order valence-corrected chi connectivity index (χ3v) is 4.11. The summed E-state index contributed by atoms with van der Waals surface area (Å²) in [6, 6.07) is 28.2. The zero-order chi connectivity index (χ0) is 17.6. The number of carbonyl (C=O) groups excluding carboxylic acids is 1. The monoisotopic (exact) mass is 328 g/mol. The molecule has 0 fully saturated rings. The van der Waals surface area contributed by atoms with Crippen molar-refractivity contribution >= 4 is 27.3 Å². The van der Waals surface area contributed by atoms with Crippen molar-refractivity contribution in [1.29, 1.82) is 0 Å². The van der Waals surface area contributed by atoms with E-state index < -0.39 is 0 Å². The number of methoxy groups -OCH3 is 1. The van der Waals surface area contributed by atoms with E-state index in [1.165, 1.54) is 10.8 Å². The van der Waals surface area contributed by atoms with Crippen LogP contribution in [-0.2, 0) is 0 Å². The molecule has 0 aromatic heterocycles. The Morgan fingerprint density at radius 3 is 1.72 bits per heavy atom. The number of ether oxygens (including phenoxy) is 1. The number of Topliss-reactive ketones (excluding diaryl/α,β-unsaturated/α-hetero) is 1. The molecule has 0 aliphatic heterocycles. The van der Waals surface area contributed by atoms with E-state index in [1.807, 2.05) is 36.4 Å². The van der Waals surface area contributed by atoms with Crippen molar-refractivity contribution in [3.8, 4) is 5.75 Å². The van der Waals surface area contributed by atoms with E-state index in [0.717, 1.165) is 22.1 Å². The molecule has 4 aromatic carbocycles. The topological polar surface area (TPSA) is 26.3 Å². The van der Waals surface area contributed by atoms with Gasteiger partial charge in [-0.25, -0.2) is 0 Å². The molecule has 0 saturated carbocycles. The van der Waals surface area contributed by atoms with Crippen LogP contribution in [0.5, 0.6) is 5.75 Å². The van der Waals surface area contributed by atoms with Gasteiger partial charge < -0.3 is 4.74 Å². The first-order valence-corrected chi connectivity index (χ1v) is 8.20. The van der Waals surface area contributed by atoms with Crippen LogP contribution in [0.4, 0.5) is 0 Å². The smallest absolute Gasteiger partial charge is 0.159 e. The minimum atomic E-state index is 0.0905. The largest absolute Gasteiger partial charge is 0.497 e. The summed E-state index contributed by atoms with van der Waals surface area (Å²) in [6.07, 6.45) is 0. The zero-order valence-electron chi connectivity index (χ0n) is 14.4. The third kappa shape index (κ3) is 4.04. The minimum Gasteiger partial charge on any atom is -0.497 e. The highest BCUT2D eigenvalue weighted by Gasteiger charge is 2.01. The Balaban J connectivity index is 0.000000157. The second-order valence-corrected chi connectivity index (χ2v) is 5.83. The highest BCUT2D eigenvalue weighted by atomic mass is 16.5. The molecular weight excluding hydrogens is 308 g/mol. The molecule has 0 heterocycles. The lowest BCUT2D eigenvalue weighted by molar-refractivity contribution is 0.101. The summed E-state index contributed by atoms with van der Waals surface area (Å²) >= 11 is 0. The molecule has 0 unspecified atom stereocenters. The summed E-state index contributed by atoms with van der Waals surface area (Å²) in [7, 11) is 1.64. The molecule has 25 heavy (non-hydrogen) atoms. The number of carbonyl (C=O) groups is 1. The van der Waals surface area contributed by atoms with E-state index in [-0.39, 0.29) is 5.78 Å². The molecule has 0 spiro atoms. The SMILES string of the molecule is COc1ccc2cc(C(C)=O)ccc2c1.c1ccc2ccccc2c1. The van der Waals surface area contributed by atoms with Gasteiger partial charge in [0.25, 0.3) is 0 Å². The van der Waals surface area contributed by atoms with Gasteiger partial charge in [-0.15, -0.1) is 0 Å². The number of hydrogen-bond donors (Lipinski definition) is 0. The average Bonchev–Trinajstić information content (AvgIpc) is 2.67. The number of hydrogen-bond acceptors (Lipinski definition) is 2. The summed E-state index contributed by atoms with van der Waals surface area (Å²) in [4.78, 5) is 11.2. The quantitative estimate of drug-likeness (QED) is 0.429. The zero-order valence-corrected chi connectivity index (χ0v) is 14.4. The van der Waals surface area contributed by atoms with E-state index >= 15 is 0 Å². The standard InChI is InChI=1S/C13H12O2.C10H8/c1-9(14)10-3-4-12-8-13(15-2)6-5-11(12)7-10;1-2-6-10-8-4-3-7-9(10)5-1/h3-8H,1-2H3;1-8H. The van der Waals surface area contributed by atoms with Crippen LogP contribution in [-0.4, -0.2) is 12.9 Å². The van der Waals surface area contributed by atoms with E-state index in [9.17, 15) is 4.79 Å². The summed E-state index contributed by atoms with van der Waals surface area (Å²) in [5.41, 5.74) is 0.743. The first kappa shape index (κ1) is 16.7. The van der Waals surface area contributed by atoms with Gasteiger partial charge in [0.15, 0.2) is 5.78 Å². The average molecular weight is 328 g/mol. The summed E-state index contributed by atoms with van der Waals surface area (Å²) in [6.45, 7) is 1.57. The van der Waals surface area contributed by atoms with Crippen LogP contribution in [0, 0.1) is 0 Å². The number of ketones is 1. The predicted molar refractivity (Wildman–Crippen MR) is 104 cm³/mol. The lowest BCUT2D eigenvalue weighted by atomic mass is 10.0. The van der Waals surface area contributed by atoms with Gasteiger partial charge in [-0.2, -0.15) is 0 Å². The van der Waals surface area contributed by atoms with E-state index in [2.05, 4.69) is 48.5 Å². The first-order chi connectivity index (χ1) is 12.2. The van der Waals surface area contributed by atoms with Crippen LogP contribution in [0.2, 0.25) is 0 Å². The molecule has 0 aliphatic rings. The van der Waals surface area contributed by atoms with Crippen LogP contribution in [0.25, 0.3) is 21.5 Å². The fourth-order valence-corrected chi connectivity index (χ4v) is 2.70. The molecule has 0 atom stereocenters. The summed E-state index contributed by atoms with van der Waals surface area (Å²) in [5.74, 6) is 0.922. The highest BCUT2D eigenvalue weighted by Crippen LogP contribution is 2.21. The molecule has 0 N–H and O–H groups in total. The Bertz CT molecular complexity index is 953. The molecule has 124 valence electrons. The maximum absolute atomic E-state index is 11.2. The molecule has 2 nitrogen and oxygen atoms in total. The van der Waals surface area contributed by atoms with Crippen LogP contribution >= 0.6 is 0 Å². The fraction of sp³-hybridized carbons (Fsp3) is 0.0870. The van der Waals surface area contributed by atoms with Crippen molar-refractivity contribution in [1.82, 2.24) is 0 Å². The van der Waals surface area contributed by atoms with Gasteiger partial charge in [-0.3, -0.25) is 4.79 Å². The Morgan fingerprint density at radius 1 is 0.680 bits per heavy atom. The van der Waals surface area contributed by atoms with Crippen LogP contribution in [0.15, 0.2) is 84.9 Å². The van der Waals surface area contributed by atoms with Gasteiger partial charge in [0.2, 0.25) is 0 Å². The molecule has 4 rings (SSSR count). The molecule has 0 saturated heterocycles. The Morgan fingerprint density at radius 2 is 1.20 bits per heavy atom. The van der Waals surface area contributed by atoms with Gasteiger partial charge in [0.05, 0.1) is 7.11 Å². The fourth-order valence-electron chi connectivity index (χ4n) is 2.70. The van der Waals surface area contributed by atoms with Gasteiger partial charge in [0.1, 0.15) is 5.75 Å². The minimum absolute atomic E-state index is 0.0905. The molecule has 0 bridgehead atoms. The van der Waals surface area contributed by atoms with Gasteiger partial charge >= 0.3 is 0 Å². The van der Waals surface area contributed by atoms with Crippen LogP contribution in [0.1, 0.15) is 17.3 Å². The lowest BCUT2D eigenvalue weighted by Gasteiger charge is -2.03. The molecule has 0 radical (unpaired) electrons. The van der Waals surface area contributed by atoms with Gasteiger partial charge in [-0.1, -0.05) is 66.7 Å². The summed E-state index contributed by atoms with van der Waals surface area (Å²) < 4.78 is 5.13. The van der Waals surface area contributed by atoms with Gasteiger partial charge in [-0.05, 0) is 46.7 Å². The number of rotatable bonds is 2. The number of benzene rings is 4. The van der Waals surface area contributed by atoms with Crippen LogP contribution < -0.4 is 4.74 Å². The maximum atomic E-state index is 11.2. The predicted octanol–water partition coefficient (Wildman–Crippen LogP) is 5.89. The summed E-state index contributed by atoms with van der Waals surface area (Å²) in [5, 5.41) is 4.76. The molecule has 4 aromatic rings. The first-order valence-electron chi connectivity index (χ1n) is 8.20. The molecule has 0 aliphatic carbocycles. The lowest BCUT2D eigenvalue weighted by Crippen LogP contribution is -1.91. The van der Waals surface area contributed by atoms with Crippen molar-refractivity contribution in [2.45, 2.75) is 6.92 Å². The van der Waals surface area contributed by atoms with Crippen molar-refractivity contribution in [3.05, 3.63) is 90.5 Å². The number of fused-ring (bicyclic) bond motifs is 2. The van der Waals surface area contributed by atoms with E-state index in [0.29, 0.717) is 0 Å². The highest BCUT2D eigenvalue weighted by molar-refractivity contribution is 5.98. The molecule has 0 amide bonds. The second-order valence-electron chi connectivity index (χ2n) is 5.83. The van der Waals surface area contributed by atoms with Crippen molar-refractivity contribution < 1.29 is 9.53 Å². The Labute approximate surface area is 147 Å². The van der Waals surface area contributed by atoms with Crippen molar-refractivity contribution in [3.63, 3.8) is 0 Å².